The van der Waals surface area contributed by atoms with Gasteiger partial charge in [0.05, 0.1) is 17.3 Å². The van der Waals surface area contributed by atoms with Gasteiger partial charge in [-0.25, -0.2) is 9.07 Å². The van der Waals surface area contributed by atoms with Crippen LogP contribution in [0.2, 0.25) is 0 Å². The lowest BCUT2D eigenvalue weighted by Gasteiger charge is -2.11. The number of benzene rings is 1. The number of tetrazole rings is 1. The fourth-order valence-electron chi connectivity index (χ4n) is 2.26. The molecule has 0 spiro atoms. The molecule has 0 amide bonds. The number of alkyl halides is 3. The van der Waals surface area contributed by atoms with E-state index in [-0.39, 0.29) is 23.4 Å². The summed E-state index contributed by atoms with van der Waals surface area (Å²) >= 11 is 0. The van der Waals surface area contributed by atoms with Gasteiger partial charge in [-0.15, -0.1) is 5.10 Å². The van der Waals surface area contributed by atoms with Gasteiger partial charge in [0, 0.05) is 0 Å². The molecule has 1 fully saturated rings. The van der Waals surface area contributed by atoms with Gasteiger partial charge >= 0.3 is 6.18 Å². The molecule has 2 N–H and O–H groups in total. The van der Waals surface area contributed by atoms with Crippen LogP contribution in [0.1, 0.15) is 17.9 Å². The van der Waals surface area contributed by atoms with E-state index in [1.807, 2.05) is 0 Å². The maximum atomic E-state index is 13.5. The highest BCUT2D eigenvalue weighted by atomic mass is 19.4. The van der Waals surface area contributed by atoms with Crippen molar-refractivity contribution in [1.82, 2.24) is 20.2 Å². The summed E-state index contributed by atoms with van der Waals surface area (Å²) in [5.41, 5.74) is 5.78. The van der Waals surface area contributed by atoms with Crippen LogP contribution in [-0.2, 0) is 0 Å². The number of nitrogens with zero attached hydrogens (tertiary/aromatic N) is 4. The number of aromatic nitrogens is 4. The second kappa shape index (κ2) is 4.15. The third-order valence-corrected chi connectivity index (χ3v) is 3.35. The number of nitrogen functional groups attached to an aromatic ring is 1. The van der Waals surface area contributed by atoms with Gasteiger partial charge in [-0.2, -0.15) is 13.2 Å². The van der Waals surface area contributed by atoms with E-state index in [0.29, 0.717) is 0 Å². The second-order valence-electron chi connectivity index (χ2n) is 4.68. The average molecular weight is 287 g/mol. The molecule has 0 radical (unpaired) electrons. The molecule has 1 aromatic carbocycles. The van der Waals surface area contributed by atoms with E-state index < -0.39 is 23.8 Å². The zero-order chi connectivity index (χ0) is 14.5. The fourth-order valence-corrected chi connectivity index (χ4v) is 2.26. The van der Waals surface area contributed by atoms with Crippen LogP contribution < -0.4 is 5.73 Å². The lowest BCUT2D eigenvalue weighted by Crippen LogP contribution is -2.12. The summed E-state index contributed by atoms with van der Waals surface area (Å²) in [5, 5.41) is 10.4. The quantitative estimate of drug-likeness (QED) is 0.678. The van der Waals surface area contributed by atoms with Gasteiger partial charge in [0.15, 0.2) is 0 Å². The van der Waals surface area contributed by atoms with Crippen LogP contribution in [0.15, 0.2) is 18.5 Å². The van der Waals surface area contributed by atoms with Crippen molar-refractivity contribution in [2.75, 3.05) is 5.73 Å². The molecule has 0 aliphatic heterocycles. The molecule has 1 heterocycles. The highest BCUT2D eigenvalue weighted by Crippen LogP contribution is 2.57. The summed E-state index contributed by atoms with van der Waals surface area (Å²) in [6, 6.07) is 2.27. The molecule has 1 aliphatic rings. The molecule has 1 saturated carbocycles. The van der Waals surface area contributed by atoms with Crippen molar-refractivity contribution >= 4 is 5.69 Å². The van der Waals surface area contributed by atoms with E-state index in [2.05, 4.69) is 15.5 Å². The van der Waals surface area contributed by atoms with Crippen LogP contribution in [0.3, 0.4) is 0 Å². The number of nitrogens with two attached hydrogens (primary N) is 1. The summed E-state index contributed by atoms with van der Waals surface area (Å²) in [6.07, 6.45) is -3.14. The van der Waals surface area contributed by atoms with Gasteiger partial charge in [0.25, 0.3) is 0 Å². The Labute approximate surface area is 110 Å². The average Bonchev–Trinajstić information content (AvgIpc) is 3.00. The molecule has 2 unspecified atom stereocenters. The van der Waals surface area contributed by atoms with Crippen molar-refractivity contribution in [3.8, 4) is 5.69 Å². The monoisotopic (exact) mass is 287 g/mol. The van der Waals surface area contributed by atoms with Crippen LogP contribution >= 0.6 is 0 Å². The third kappa shape index (κ3) is 2.08. The number of halogens is 4. The van der Waals surface area contributed by atoms with E-state index >= 15 is 0 Å². The van der Waals surface area contributed by atoms with Crippen LogP contribution in [0.5, 0.6) is 0 Å². The Balaban J connectivity index is 2.05. The first-order valence-electron chi connectivity index (χ1n) is 5.77. The van der Waals surface area contributed by atoms with E-state index in [9.17, 15) is 17.6 Å². The molecule has 0 bridgehead atoms. The van der Waals surface area contributed by atoms with Crippen molar-refractivity contribution < 1.29 is 17.6 Å². The zero-order valence-corrected chi connectivity index (χ0v) is 9.97. The van der Waals surface area contributed by atoms with Crippen LogP contribution in [0.4, 0.5) is 23.2 Å². The molecule has 1 aromatic heterocycles. The van der Waals surface area contributed by atoms with E-state index in [1.54, 1.807) is 0 Å². The number of anilines is 1. The van der Waals surface area contributed by atoms with Gasteiger partial charge in [0.2, 0.25) is 0 Å². The van der Waals surface area contributed by atoms with Crippen molar-refractivity contribution in [3.63, 3.8) is 0 Å². The molecule has 2 aromatic rings. The Bertz CT molecular complexity index is 637. The van der Waals surface area contributed by atoms with Crippen molar-refractivity contribution in [2.45, 2.75) is 18.5 Å². The topological polar surface area (TPSA) is 69.6 Å². The first-order chi connectivity index (χ1) is 9.38. The predicted octanol–water partition coefficient (Wildman–Crippen LogP) is 2.05. The molecule has 3 rings (SSSR count). The maximum absolute atomic E-state index is 13.5. The molecule has 106 valence electrons. The Morgan fingerprint density at radius 2 is 2.05 bits per heavy atom. The van der Waals surface area contributed by atoms with Crippen LogP contribution in [0, 0.1) is 11.7 Å². The minimum absolute atomic E-state index is 0.0675. The van der Waals surface area contributed by atoms with E-state index in [4.69, 9.17) is 5.73 Å². The van der Waals surface area contributed by atoms with Gasteiger partial charge in [-0.1, -0.05) is 0 Å². The van der Waals surface area contributed by atoms with Crippen LogP contribution in [-0.4, -0.2) is 26.4 Å². The molecule has 20 heavy (non-hydrogen) atoms. The predicted molar refractivity (Wildman–Crippen MR) is 60.4 cm³/mol. The van der Waals surface area contributed by atoms with E-state index in [1.165, 1.54) is 17.1 Å². The SMILES string of the molecule is Nc1cc(-n2cnnn2)c(C2CC2C(F)(F)F)cc1F. The molecule has 2 atom stereocenters. The first-order valence-corrected chi connectivity index (χ1v) is 5.77. The Hall–Kier alpha value is -2.19. The minimum Gasteiger partial charge on any atom is -0.396 e. The van der Waals surface area contributed by atoms with Gasteiger partial charge in [-0.05, 0) is 40.5 Å². The van der Waals surface area contributed by atoms with Crippen molar-refractivity contribution in [2.24, 2.45) is 5.92 Å². The Kier molecular flexibility index (Phi) is 2.66. The summed E-state index contributed by atoms with van der Waals surface area (Å²) in [5.74, 6) is -2.99. The molecule has 9 heteroatoms. The summed E-state index contributed by atoms with van der Waals surface area (Å²) in [7, 11) is 0. The molecule has 1 aliphatic carbocycles. The molecular formula is C11H9F4N5. The lowest BCUT2D eigenvalue weighted by molar-refractivity contribution is -0.148. The van der Waals surface area contributed by atoms with E-state index in [0.717, 1.165) is 6.07 Å². The number of rotatable bonds is 2. The van der Waals surface area contributed by atoms with Crippen molar-refractivity contribution in [3.05, 3.63) is 29.8 Å². The standard InChI is InChI=1S/C11H9F4N5/c12-8-2-6(5-1-7(5)11(13,14)15)10(3-9(8)16)20-4-17-18-19-20/h2-5,7H,1,16H2. The fraction of sp³-hybridized carbons (Fsp3) is 0.364. The lowest BCUT2D eigenvalue weighted by atomic mass is 10.1. The van der Waals surface area contributed by atoms with Gasteiger partial charge in [-0.3, -0.25) is 0 Å². The maximum Gasteiger partial charge on any atom is 0.392 e. The van der Waals surface area contributed by atoms with Gasteiger partial charge in [0.1, 0.15) is 12.1 Å². The van der Waals surface area contributed by atoms with Gasteiger partial charge < -0.3 is 5.73 Å². The Morgan fingerprint density at radius 1 is 1.30 bits per heavy atom. The normalized spacial score (nSPS) is 22.0. The first kappa shape index (κ1) is 12.8. The minimum atomic E-state index is -4.29. The number of hydrogen-bond donors (Lipinski definition) is 1. The second-order valence-corrected chi connectivity index (χ2v) is 4.68. The molecule has 5 nitrogen and oxygen atoms in total. The molecule has 0 saturated heterocycles. The zero-order valence-electron chi connectivity index (χ0n) is 9.97. The molecular weight excluding hydrogens is 278 g/mol. The summed E-state index contributed by atoms with van der Waals surface area (Å²) in [4.78, 5) is 0. The highest BCUT2D eigenvalue weighted by Gasteiger charge is 2.56. The van der Waals surface area contributed by atoms with Crippen molar-refractivity contribution in [1.29, 1.82) is 0 Å². The summed E-state index contributed by atoms with van der Waals surface area (Å²) < 4.78 is 52.7. The third-order valence-electron chi connectivity index (χ3n) is 3.35. The smallest absolute Gasteiger partial charge is 0.392 e. The number of hydrogen-bond acceptors (Lipinski definition) is 4. The Morgan fingerprint density at radius 3 is 2.60 bits per heavy atom. The largest absolute Gasteiger partial charge is 0.396 e. The summed E-state index contributed by atoms with van der Waals surface area (Å²) in [6.45, 7) is 0. The highest BCUT2D eigenvalue weighted by molar-refractivity contribution is 5.55. The van der Waals surface area contributed by atoms with Crippen LogP contribution in [0.25, 0.3) is 5.69 Å².